The number of carbonyl (C=O) groups excluding carboxylic acids is 1. The van der Waals surface area contributed by atoms with E-state index in [1.807, 2.05) is 39.8 Å². The smallest absolute Gasteiger partial charge is 0.363 e. The molecule has 0 atom stereocenters. The summed E-state index contributed by atoms with van der Waals surface area (Å²) >= 11 is 0. The molecule has 1 aromatic carbocycles. The molecule has 18 heavy (non-hydrogen) atoms. The summed E-state index contributed by atoms with van der Waals surface area (Å²) in [6.45, 7) is 7.97. The van der Waals surface area contributed by atoms with Crippen LogP contribution in [0.25, 0.3) is 6.08 Å². The van der Waals surface area contributed by atoms with Crippen LogP contribution in [0.4, 0.5) is 0 Å². The van der Waals surface area contributed by atoms with Crippen LogP contribution in [0, 0.1) is 19.8 Å². The zero-order chi connectivity index (χ0) is 13.3. The highest BCUT2D eigenvalue weighted by atomic mass is 16.6. The van der Waals surface area contributed by atoms with Crippen LogP contribution in [0.5, 0.6) is 0 Å². The van der Waals surface area contributed by atoms with Crippen molar-refractivity contribution in [2.24, 2.45) is 10.9 Å². The maximum absolute atomic E-state index is 11.7. The Hall–Kier alpha value is -1.90. The van der Waals surface area contributed by atoms with E-state index >= 15 is 0 Å². The molecule has 1 aliphatic heterocycles. The van der Waals surface area contributed by atoms with Gasteiger partial charge in [0.15, 0.2) is 5.70 Å². The quantitative estimate of drug-likeness (QED) is 0.590. The summed E-state index contributed by atoms with van der Waals surface area (Å²) < 4.78 is 5.11. The van der Waals surface area contributed by atoms with Gasteiger partial charge >= 0.3 is 5.97 Å². The van der Waals surface area contributed by atoms with Crippen molar-refractivity contribution in [2.45, 2.75) is 27.7 Å². The first-order valence-electron chi connectivity index (χ1n) is 6.07. The molecule has 94 valence electrons. The first-order valence-corrected chi connectivity index (χ1v) is 6.07. The zero-order valence-corrected chi connectivity index (χ0v) is 11.2. The van der Waals surface area contributed by atoms with Crippen LogP contribution in [0.3, 0.4) is 0 Å². The molecule has 0 unspecified atom stereocenters. The number of aliphatic imine (C=N–C) groups is 1. The second-order valence-electron chi connectivity index (χ2n) is 4.88. The number of ether oxygens (including phenoxy) is 1. The Balaban J connectivity index is 2.36. The second kappa shape index (κ2) is 4.77. The van der Waals surface area contributed by atoms with Gasteiger partial charge in [-0.05, 0) is 31.1 Å². The lowest BCUT2D eigenvalue weighted by molar-refractivity contribution is -0.130. The van der Waals surface area contributed by atoms with Gasteiger partial charge in [-0.15, -0.1) is 0 Å². The number of cyclic esters (lactones) is 1. The minimum Gasteiger partial charge on any atom is -0.407 e. The summed E-state index contributed by atoms with van der Waals surface area (Å²) in [4.78, 5) is 15.9. The molecule has 0 fully saturated rings. The molecule has 3 heteroatoms. The molecule has 0 amide bonds. The van der Waals surface area contributed by atoms with E-state index in [0.717, 1.165) is 11.1 Å². The summed E-state index contributed by atoms with van der Waals surface area (Å²) in [7, 11) is 0. The summed E-state index contributed by atoms with van der Waals surface area (Å²) in [5.74, 6) is 0.258. The van der Waals surface area contributed by atoms with Crippen molar-refractivity contribution in [1.82, 2.24) is 0 Å². The van der Waals surface area contributed by atoms with Gasteiger partial charge in [0.05, 0.1) is 0 Å². The molecule has 0 saturated heterocycles. The Labute approximate surface area is 107 Å². The molecular weight excluding hydrogens is 226 g/mol. The first-order chi connectivity index (χ1) is 8.47. The maximum atomic E-state index is 11.7. The molecule has 1 aromatic rings. The van der Waals surface area contributed by atoms with Crippen molar-refractivity contribution < 1.29 is 9.53 Å². The van der Waals surface area contributed by atoms with E-state index in [0.29, 0.717) is 11.6 Å². The van der Waals surface area contributed by atoms with Crippen LogP contribution in [0.1, 0.15) is 30.5 Å². The number of hydrogen-bond donors (Lipinski definition) is 0. The molecule has 1 aliphatic rings. The van der Waals surface area contributed by atoms with Gasteiger partial charge < -0.3 is 4.74 Å². The minimum absolute atomic E-state index is 0.124. The monoisotopic (exact) mass is 243 g/mol. The molecule has 0 saturated carbocycles. The predicted octanol–water partition coefficient (Wildman–Crippen LogP) is 3.26. The van der Waals surface area contributed by atoms with Gasteiger partial charge in [0.25, 0.3) is 0 Å². The topological polar surface area (TPSA) is 38.7 Å². The van der Waals surface area contributed by atoms with Crippen LogP contribution < -0.4 is 0 Å². The number of benzene rings is 1. The maximum Gasteiger partial charge on any atom is 0.363 e. The third-order valence-electron chi connectivity index (χ3n) is 2.85. The van der Waals surface area contributed by atoms with Gasteiger partial charge in [0, 0.05) is 5.92 Å². The Morgan fingerprint density at radius 2 is 2.00 bits per heavy atom. The van der Waals surface area contributed by atoms with Crippen molar-refractivity contribution >= 4 is 17.9 Å². The van der Waals surface area contributed by atoms with Crippen molar-refractivity contribution in [3.05, 3.63) is 40.6 Å². The Bertz CT molecular complexity index is 554. The molecule has 0 spiro atoms. The van der Waals surface area contributed by atoms with Gasteiger partial charge in [-0.3, -0.25) is 0 Å². The fraction of sp³-hybridized carbons (Fsp3) is 0.333. The third kappa shape index (κ3) is 2.50. The van der Waals surface area contributed by atoms with E-state index in [1.165, 1.54) is 5.56 Å². The van der Waals surface area contributed by atoms with E-state index in [4.69, 9.17) is 4.74 Å². The molecule has 0 aromatic heterocycles. The predicted molar refractivity (Wildman–Crippen MR) is 72.3 cm³/mol. The lowest BCUT2D eigenvalue weighted by Gasteiger charge is -2.01. The fourth-order valence-electron chi connectivity index (χ4n) is 1.81. The van der Waals surface area contributed by atoms with Crippen molar-refractivity contribution in [3.8, 4) is 0 Å². The van der Waals surface area contributed by atoms with Crippen LogP contribution >= 0.6 is 0 Å². The summed E-state index contributed by atoms with van der Waals surface area (Å²) in [5, 5.41) is 0. The SMILES string of the molecule is Cc1ccc(/C=C2\N=C(C(C)C)OC2=O)c(C)c1. The van der Waals surface area contributed by atoms with E-state index in [1.54, 1.807) is 6.08 Å². The van der Waals surface area contributed by atoms with E-state index in [-0.39, 0.29) is 11.9 Å². The minimum atomic E-state index is -0.362. The summed E-state index contributed by atoms with van der Waals surface area (Å²) in [5.41, 5.74) is 3.71. The largest absolute Gasteiger partial charge is 0.407 e. The average Bonchev–Trinajstić information content (AvgIpc) is 2.64. The first kappa shape index (κ1) is 12.6. The van der Waals surface area contributed by atoms with Crippen molar-refractivity contribution in [1.29, 1.82) is 0 Å². The van der Waals surface area contributed by atoms with Crippen LogP contribution in [0.15, 0.2) is 28.9 Å². The molecule has 3 nitrogen and oxygen atoms in total. The highest BCUT2D eigenvalue weighted by molar-refractivity contribution is 6.07. The Kier molecular flexibility index (Phi) is 3.32. The molecule has 2 rings (SSSR count). The Morgan fingerprint density at radius 1 is 1.28 bits per heavy atom. The van der Waals surface area contributed by atoms with Gasteiger partial charge in [-0.1, -0.05) is 37.6 Å². The van der Waals surface area contributed by atoms with Crippen LogP contribution in [0.2, 0.25) is 0 Å². The van der Waals surface area contributed by atoms with E-state index in [2.05, 4.69) is 11.1 Å². The standard InChI is InChI=1S/C15H17NO2/c1-9(2)14-16-13(15(17)18-14)8-12-6-5-10(3)7-11(12)4/h5-9H,1-4H3/b13-8-. The number of esters is 1. The van der Waals surface area contributed by atoms with Crippen LogP contribution in [-0.2, 0) is 9.53 Å². The summed E-state index contributed by atoms with van der Waals surface area (Å²) in [6, 6.07) is 6.10. The highest BCUT2D eigenvalue weighted by Crippen LogP contribution is 2.20. The third-order valence-corrected chi connectivity index (χ3v) is 2.85. The molecular formula is C15H17NO2. The average molecular weight is 243 g/mol. The number of aryl methyl sites for hydroxylation is 2. The summed E-state index contributed by atoms with van der Waals surface area (Å²) in [6.07, 6.45) is 1.78. The Morgan fingerprint density at radius 3 is 2.56 bits per heavy atom. The number of rotatable bonds is 2. The molecule has 0 aliphatic carbocycles. The second-order valence-corrected chi connectivity index (χ2v) is 4.88. The molecule has 1 heterocycles. The van der Waals surface area contributed by atoms with Gasteiger partial charge in [0.2, 0.25) is 5.90 Å². The van der Waals surface area contributed by atoms with Crippen molar-refractivity contribution in [3.63, 3.8) is 0 Å². The van der Waals surface area contributed by atoms with Crippen molar-refractivity contribution in [2.75, 3.05) is 0 Å². The lowest BCUT2D eigenvalue weighted by atomic mass is 10.0. The lowest BCUT2D eigenvalue weighted by Crippen LogP contribution is -2.09. The number of carbonyl (C=O) groups is 1. The van der Waals surface area contributed by atoms with Crippen LogP contribution in [-0.4, -0.2) is 11.9 Å². The van der Waals surface area contributed by atoms with Gasteiger partial charge in [-0.25, -0.2) is 9.79 Å². The molecule has 0 bridgehead atoms. The van der Waals surface area contributed by atoms with Gasteiger partial charge in [-0.2, -0.15) is 0 Å². The van der Waals surface area contributed by atoms with E-state index in [9.17, 15) is 4.79 Å². The normalized spacial score (nSPS) is 17.3. The number of hydrogen-bond acceptors (Lipinski definition) is 3. The van der Waals surface area contributed by atoms with E-state index < -0.39 is 0 Å². The zero-order valence-electron chi connectivity index (χ0n) is 11.2. The fourth-order valence-corrected chi connectivity index (χ4v) is 1.81. The highest BCUT2D eigenvalue weighted by Gasteiger charge is 2.24. The number of nitrogens with zero attached hydrogens (tertiary/aromatic N) is 1. The molecule has 0 N–H and O–H groups in total. The molecule has 0 radical (unpaired) electrons. The van der Waals surface area contributed by atoms with Gasteiger partial charge in [0.1, 0.15) is 0 Å².